The van der Waals surface area contributed by atoms with Gasteiger partial charge >= 0.3 is 6.09 Å². The van der Waals surface area contributed by atoms with Crippen LogP contribution in [-0.4, -0.2) is 12.1 Å². The average Bonchev–Trinajstić information content (AvgIpc) is 2.54. The topological polar surface area (TPSA) is 29.5 Å². The second kappa shape index (κ2) is 6.53. The quantitative estimate of drug-likeness (QED) is 0.760. The van der Waals surface area contributed by atoms with Crippen molar-refractivity contribution in [3.63, 3.8) is 0 Å². The number of rotatable bonds is 2. The average molecular weight is 360 g/mol. The van der Waals surface area contributed by atoms with Crippen molar-refractivity contribution in [3.05, 3.63) is 64.1 Å². The Morgan fingerprint density at radius 2 is 2.00 bits per heavy atom. The number of ether oxygens (including phenoxy) is 1. The predicted molar refractivity (Wildman–Crippen MR) is 91.0 cm³/mol. The zero-order valence-corrected chi connectivity index (χ0v) is 14.0. The molecule has 3 nitrogen and oxygen atoms in total. The van der Waals surface area contributed by atoms with Gasteiger partial charge in [0, 0.05) is 10.5 Å². The molecule has 114 valence electrons. The summed E-state index contributed by atoms with van der Waals surface area (Å²) in [5.74, 6) is 0. The fourth-order valence-electron chi connectivity index (χ4n) is 2.81. The number of carbonyl (C=O) groups excluding carboxylic acids is 1. The van der Waals surface area contributed by atoms with E-state index >= 15 is 0 Å². The first kappa shape index (κ1) is 15.1. The van der Waals surface area contributed by atoms with Crippen molar-refractivity contribution >= 4 is 27.7 Å². The summed E-state index contributed by atoms with van der Waals surface area (Å²) < 4.78 is 6.45. The number of anilines is 1. The summed E-state index contributed by atoms with van der Waals surface area (Å²) in [6.07, 6.45) is 1.65. The third-order valence-electron chi connectivity index (χ3n) is 3.99. The fourth-order valence-corrected chi connectivity index (χ4v) is 3.40. The molecule has 0 radical (unpaired) electrons. The summed E-state index contributed by atoms with van der Waals surface area (Å²) in [7, 11) is 0. The van der Waals surface area contributed by atoms with Crippen LogP contribution in [0.15, 0.2) is 53.0 Å². The minimum absolute atomic E-state index is 0.134. The smallest absolute Gasteiger partial charge is 0.414 e. The molecule has 22 heavy (non-hydrogen) atoms. The molecule has 1 aliphatic heterocycles. The second-order valence-electron chi connectivity index (χ2n) is 5.55. The lowest BCUT2D eigenvalue weighted by Gasteiger charge is -2.35. The van der Waals surface area contributed by atoms with Crippen LogP contribution in [0.25, 0.3) is 0 Å². The first-order valence-electron chi connectivity index (χ1n) is 7.44. The molecule has 1 amide bonds. The van der Waals surface area contributed by atoms with Crippen molar-refractivity contribution in [2.75, 3.05) is 4.90 Å². The standard InChI is InChI=1S/C18H18BrNO2/c1-13-10-11-15-8-5-9-16(19)17(15)20(13)18(21)22-12-14-6-3-2-4-7-14/h2-9,13H,10-12H2,1H3. The Hall–Kier alpha value is -1.81. The normalized spacial score (nSPS) is 17.0. The van der Waals surface area contributed by atoms with E-state index in [1.54, 1.807) is 4.90 Å². The second-order valence-corrected chi connectivity index (χ2v) is 6.40. The van der Waals surface area contributed by atoms with Gasteiger partial charge in [0.25, 0.3) is 0 Å². The molecule has 1 aliphatic rings. The summed E-state index contributed by atoms with van der Waals surface area (Å²) in [6, 6.07) is 15.9. The number of para-hydroxylation sites is 1. The molecule has 0 N–H and O–H groups in total. The number of halogens is 1. The van der Waals surface area contributed by atoms with Crippen molar-refractivity contribution in [1.82, 2.24) is 0 Å². The highest BCUT2D eigenvalue weighted by Crippen LogP contribution is 2.37. The third-order valence-corrected chi connectivity index (χ3v) is 4.63. The van der Waals surface area contributed by atoms with Crippen LogP contribution in [0.5, 0.6) is 0 Å². The van der Waals surface area contributed by atoms with Crippen LogP contribution in [0, 0.1) is 0 Å². The van der Waals surface area contributed by atoms with Crippen LogP contribution in [0.1, 0.15) is 24.5 Å². The lowest BCUT2D eigenvalue weighted by molar-refractivity contribution is 0.144. The zero-order chi connectivity index (χ0) is 15.5. The molecule has 0 aromatic heterocycles. The number of carbonyl (C=O) groups is 1. The molecule has 1 heterocycles. The Kier molecular flexibility index (Phi) is 4.48. The lowest BCUT2D eigenvalue weighted by atomic mass is 9.97. The molecule has 0 saturated carbocycles. The molecule has 0 spiro atoms. The van der Waals surface area contributed by atoms with Crippen molar-refractivity contribution in [3.8, 4) is 0 Å². The van der Waals surface area contributed by atoms with Gasteiger partial charge in [0.1, 0.15) is 6.61 Å². The molecule has 1 atom stereocenters. The molecule has 0 bridgehead atoms. The maximum atomic E-state index is 12.6. The van der Waals surface area contributed by atoms with Crippen LogP contribution in [0.3, 0.4) is 0 Å². The molecule has 1 unspecified atom stereocenters. The highest BCUT2D eigenvalue weighted by Gasteiger charge is 2.30. The summed E-state index contributed by atoms with van der Waals surface area (Å²) >= 11 is 3.56. The summed E-state index contributed by atoms with van der Waals surface area (Å²) in [6.45, 7) is 2.36. The highest BCUT2D eigenvalue weighted by atomic mass is 79.9. The van der Waals surface area contributed by atoms with E-state index in [0.717, 1.165) is 28.6 Å². The van der Waals surface area contributed by atoms with E-state index in [-0.39, 0.29) is 12.1 Å². The Morgan fingerprint density at radius 3 is 2.77 bits per heavy atom. The van der Waals surface area contributed by atoms with Crippen LogP contribution in [-0.2, 0) is 17.8 Å². The number of fused-ring (bicyclic) bond motifs is 1. The molecule has 0 fully saturated rings. The van der Waals surface area contributed by atoms with E-state index in [9.17, 15) is 4.79 Å². The van der Waals surface area contributed by atoms with E-state index in [2.05, 4.69) is 28.9 Å². The predicted octanol–water partition coefficient (Wildman–Crippen LogP) is 4.93. The van der Waals surface area contributed by atoms with Crippen LogP contribution in [0.4, 0.5) is 10.5 Å². The van der Waals surface area contributed by atoms with Gasteiger partial charge in [0.15, 0.2) is 0 Å². The molecular weight excluding hydrogens is 342 g/mol. The van der Waals surface area contributed by atoms with Crippen molar-refractivity contribution in [2.24, 2.45) is 0 Å². The molecule has 4 heteroatoms. The SMILES string of the molecule is CC1CCc2cccc(Br)c2N1C(=O)OCc1ccccc1. The van der Waals surface area contributed by atoms with Gasteiger partial charge < -0.3 is 4.74 Å². The number of nitrogens with zero attached hydrogens (tertiary/aromatic N) is 1. The van der Waals surface area contributed by atoms with Crippen LogP contribution in [0.2, 0.25) is 0 Å². The van der Waals surface area contributed by atoms with Crippen LogP contribution < -0.4 is 4.90 Å². The van der Waals surface area contributed by atoms with E-state index in [4.69, 9.17) is 4.74 Å². The number of amides is 1. The van der Waals surface area contributed by atoms with Gasteiger partial charge in [-0.25, -0.2) is 4.79 Å². The van der Waals surface area contributed by atoms with Gasteiger partial charge in [-0.15, -0.1) is 0 Å². The molecule has 3 rings (SSSR count). The van der Waals surface area contributed by atoms with Gasteiger partial charge in [-0.05, 0) is 52.9 Å². The molecule has 0 aliphatic carbocycles. The number of hydrogen-bond donors (Lipinski definition) is 0. The summed E-state index contributed by atoms with van der Waals surface area (Å²) in [4.78, 5) is 14.3. The largest absolute Gasteiger partial charge is 0.444 e. The van der Waals surface area contributed by atoms with Gasteiger partial charge in [-0.2, -0.15) is 0 Å². The maximum absolute atomic E-state index is 12.6. The first-order valence-corrected chi connectivity index (χ1v) is 8.23. The zero-order valence-electron chi connectivity index (χ0n) is 12.5. The molecule has 2 aromatic rings. The first-order chi connectivity index (χ1) is 10.7. The summed E-state index contributed by atoms with van der Waals surface area (Å²) in [5.41, 5.74) is 3.12. The van der Waals surface area contributed by atoms with E-state index < -0.39 is 0 Å². The molecule has 2 aromatic carbocycles. The monoisotopic (exact) mass is 359 g/mol. The van der Waals surface area contributed by atoms with Crippen molar-refractivity contribution < 1.29 is 9.53 Å². The fraction of sp³-hybridized carbons (Fsp3) is 0.278. The minimum Gasteiger partial charge on any atom is -0.444 e. The Morgan fingerprint density at radius 1 is 1.23 bits per heavy atom. The third kappa shape index (κ3) is 3.02. The molecular formula is C18H18BrNO2. The van der Waals surface area contributed by atoms with Gasteiger partial charge in [-0.1, -0.05) is 42.5 Å². The van der Waals surface area contributed by atoms with E-state index in [1.165, 1.54) is 5.56 Å². The summed E-state index contributed by atoms with van der Waals surface area (Å²) in [5, 5.41) is 0. The number of hydrogen-bond acceptors (Lipinski definition) is 2. The van der Waals surface area contributed by atoms with E-state index in [1.807, 2.05) is 42.5 Å². The van der Waals surface area contributed by atoms with Crippen molar-refractivity contribution in [2.45, 2.75) is 32.4 Å². The highest BCUT2D eigenvalue weighted by molar-refractivity contribution is 9.10. The Labute approximate surface area is 139 Å². The number of aryl methyl sites for hydroxylation is 1. The Bertz CT molecular complexity index is 672. The van der Waals surface area contributed by atoms with Crippen LogP contribution >= 0.6 is 15.9 Å². The molecule has 0 saturated heterocycles. The lowest BCUT2D eigenvalue weighted by Crippen LogP contribution is -2.42. The minimum atomic E-state index is -0.288. The van der Waals surface area contributed by atoms with Gasteiger partial charge in [0.2, 0.25) is 0 Å². The van der Waals surface area contributed by atoms with Gasteiger partial charge in [-0.3, -0.25) is 4.90 Å². The Balaban J connectivity index is 1.80. The maximum Gasteiger partial charge on any atom is 0.414 e. The number of benzene rings is 2. The van der Waals surface area contributed by atoms with Crippen molar-refractivity contribution in [1.29, 1.82) is 0 Å². The van der Waals surface area contributed by atoms with Gasteiger partial charge in [0.05, 0.1) is 5.69 Å². The van der Waals surface area contributed by atoms with E-state index in [0.29, 0.717) is 6.61 Å².